The molecule has 1 saturated heterocycles. The van der Waals surface area contributed by atoms with Gasteiger partial charge in [-0.3, -0.25) is 9.69 Å². The molecule has 17 heavy (non-hydrogen) atoms. The summed E-state index contributed by atoms with van der Waals surface area (Å²) in [6.45, 7) is 5.73. The third-order valence-corrected chi connectivity index (χ3v) is 3.70. The van der Waals surface area contributed by atoms with E-state index in [0.717, 1.165) is 51.9 Å². The summed E-state index contributed by atoms with van der Waals surface area (Å²) in [4.78, 5) is 16.4. The largest absolute Gasteiger partial charge is 0.340 e. The molecule has 1 aliphatic rings. The fourth-order valence-electron chi connectivity index (χ4n) is 2.37. The molecule has 4 nitrogen and oxygen atoms in total. The van der Waals surface area contributed by atoms with Crippen molar-refractivity contribution in [2.24, 2.45) is 5.73 Å². The van der Waals surface area contributed by atoms with E-state index >= 15 is 0 Å². The Balaban J connectivity index is 2.27. The van der Waals surface area contributed by atoms with Crippen LogP contribution in [0.3, 0.4) is 0 Å². The van der Waals surface area contributed by atoms with Gasteiger partial charge in [0.25, 0.3) is 0 Å². The highest BCUT2D eigenvalue weighted by Crippen LogP contribution is 2.12. The minimum atomic E-state index is 0.327. The van der Waals surface area contributed by atoms with E-state index < -0.39 is 0 Å². The molecule has 4 heteroatoms. The first-order valence-electron chi connectivity index (χ1n) is 6.87. The average molecular weight is 241 g/mol. The summed E-state index contributed by atoms with van der Waals surface area (Å²) >= 11 is 0. The third kappa shape index (κ3) is 4.64. The van der Waals surface area contributed by atoms with Crippen molar-refractivity contribution >= 4 is 5.91 Å². The summed E-state index contributed by atoms with van der Waals surface area (Å²) < 4.78 is 0. The summed E-state index contributed by atoms with van der Waals surface area (Å²) in [5, 5.41) is 0. The predicted molar refractivity (Wildman–Crippen MR) is 70.8 cm³/mol. The Kier molecular flexibility index (Phi) is 6.52. The van der Waals surface area contributed by atoms with Crippen molar-refractivity contribution in [2.45, 2.75) is 45.1 Å². The van der Waals surface area contributed by atoms with E-state index in [0.29, 0.717) is 18.4 Å². The van der Waals surface area contributed by atoms with Gasteiger partial charge in [0.15, 0.2) is 0 Å². The van der Waals surface area contributed by atoms with Crippen molar-refractivity contribution in [3.63, 3.8) is 0 Å². The zero-order chi connectivity index (χ0) is 12.7. The third-order valence-electron chi connectivity index (χ3n) is 3.70. The number of rotatable bonds is 6. The lowest BCUT2D eigenvalue weighted by Crippen LogP contribution is -2.52. The highest BCUT2D eigenvalue weighted by Gasteiger charge is 2.25. The quantitative estimate of drug-likeness (QED) is 0.707. The molecule has 0 aromatic heterocycles. The summed E-state index contributed by atoms with van der Waals surface area (Å²) in [6.07, 6.45) is 4.91. The number of unbranched alkanes of at least 4 members (excludes halogenated alkanes) is 2. The highest BCUT2D eigenvalue weighted by molar-refractivity contribution is 5.76. The minimum Gasteiger partial charge on any atom is -0.340 e. The molecule has 1 aliphatic heterocycles. The Morgan fingerprint density at radius 2 is 2.06 bits per heavy atom. The van der Waals surface area contributed by atoms with Crippen LogP contribution in [0.5, 0.6) is 0 Å². The van der Waals surface area contributed by atoms with Gasteiger partial charge in [-0.05, 0) is 32.9 Å². The highest BCUT2D eigenvalue weighted by atomic mass is 16.2. The molecule has 0 aromatic carbocycles. The maximum Gasteiger partial charge on any atom is 0.222 e. The smallest absolute Gasteiger partial charge is 0.222 e. The lowest BCUT2D eigenvalue weighted by atomic mass is 10.1. The molecule has 0 bridgehead atoms. The summed E-state index contributed by atoms with van der Waals surface area (Å²) in [6, 6.07) is 0.539. The Bertz CT molecular complexity index is 233. The molecule has 1 heterocycles. The van der Waals surface area contributed by atoms with E-state index in [1.165, 1.54) is 0 Å². The molecule has 100 valence electrons. The molecule has 0 aliphatic carbocycles. The van der Waals surface area contributed by atoms with Crippen molar-refractivity contribution in [3.05, 3.63) is 0 Å². The van der Waals surface area contributed by atoms with E-state index in [-0.39, 0.29) is 0 Å². The van der Waals surface area contributed by atoms with E-state index in [9.17, 15) is 4.79 Å². The van der Waals surface area contributed by atoms with Gasteiger partial charge in [-0.1, -0.05) is 13.3 Å². The summed E-state index contributed by atoms with van der Waals surface area (Å²) in [5.74, 6) is 0.327. The van der Waals surface area contributed by atoms with Gasteiger partial charge in [-0.2, -0.15) is 0 Å². The van der Waals surface area contributed by atoms with E-state index in [2.05, 4.69) is 18.9 Å². The molecule has 1 amide bonds. The predicted octanol–water partition coefficient (Wildman–Crippen LogP) is 1.06. The first-order valence-corrected chi connectivity index (χ1v) is 6.87. The first kappa shape index (κ1) is 14.5. The number of nitrogens with two attached hydrogens (primary N) is 1. The van der Waals surface area contributed by atoms with Crippen LogP contribution in [0, 0.1) is 0 Å². The zero-order valence-corrected chi connectivity index (χ0v) is 11.3. The van der Waals surface area contributed by atoms with Crippen molar-refractivity contribution in [2.75, 3.05) is 33.2 Å². The fourth-order valence-corrected chi connectivity index (χ4v) is 2.37. The molecule has 2 N–H and O–H groups in total. The second kappa shape index (κ2) is 7.67. The van der Waals surface area contributed by atoms with Crippen molar-refractivity contribution in [3.8, 4) is 0 Å². The first-order chi connectivity index (χ1) is 8.19. The second-order valence-electron chi connectivity index (χ2n) is 4.98. The van der Waals surface area contributed by atoms with Crippen LogP contribution in [-0.2, 0) is 4.79 Å². The maximum absolute atomic E-state index is 12.0. The number of piperazine rings is 1. The number of carbonyl (C=O) groups is 1. The van der Waals surface area contributed by atoms with Gasteiger partial charge in [0, 0.05) is 32.1 Å². The maximum atomic E-state index is 12.0. The molecule has 1 unspecified atom stereocenters. The van der Waals surface area contributed by atoms with Gasteiger partial charge >= 0.3 is 0 Å². The van der Waals surface area contributed by atoms with Crippen LogP contribution in [0.15, 0.2) is 0 Å². The summed E-state index contributed by atoms with van der Waals surface area (Å²) in [7, 11) is 2.15. The van der Waals surface area contributed by atoms with Crippen molar-refractivity contribution in [1.82, 2.24) is 9.80 Å². The van der Waals surface area contributed by atoms with Crippen molar-refractivity contribution in [1.29, 1.82) is 0 Å². The Labute approximate surface area is 105 Å². The van der Waals surface area contributed by atoms with Gasteiger partial charge in [0.2, 0.25) is 5.91 Å². The van der Waals surface area contributed by atoms with Gasteiger partial charge in [0.05, 0.1) is 0 Å². The number of hydrogen-bond donors (Lipinski definition) is 1. The molecule has 0 spiro atoms. The number of carbonyl (C=O) groups excluding carboxylic acids is 1. The van der Waals surface area contributed by atoms with E-state index in [1.54, 1.807) is 0 Å². The molecular formula is C13H27N3O. The SMILES string of the molecule is CCC1CN(C(=O)CCCCCN)CCN1C. The molecule has 1 rings (SSSR count). The van der Waals surface area contributed by atoms with Crippen LogP contribution < -0.4 is 5.73 Å². The lowest BCUT2D eigenvalue weighted by molar-refractivity contribution is -0.134. The van der Waals surface area contributed by atoms with Crippen LogP contribution in [0.2, 0.25) is 0 Å². The Hall–Kier alpha value is -0.610. The van der Waals surface area contributed by atoms with Gasteiger partial charge in [0.1, 0.15) is 0 Å². The summed E-state index contributed by atoms with van der Waals surface area (Å²) in [5.41, 5.74) is 5.44. The zero-order valence-electron chi connectivity index (χ0n) is 11.3. The van der Waals surface area contributed by atoms with E-state index in [4.69, 9.17) is 5.73 Å². The average Bonchev–Trinajstić information content (AvgIpc) is 2.35. The number of likely N-dealkylation sites (N-methyl/N-ethyl adjacent to an activating group) is 1. The van der Waals surface area contributed by atoms with Crippen LogP contribution in [-0.4, -0.2) is 55.0 Å². The van der Waals surface area contributed by atoms with Crippen molar-refractivity contribution < 1.29 is 4.79 Å². The monoisotopic (exact) mass is 241 g/mol. The fraction of sp³-hybridized carbons (Fsp3) is 0.923. The van der Waals surface area contributed by atoms with Gasteiger partial charge < -0.3 is 10.6 Å². The molecule has 0 radical (unpaired) electrons. The number of hydrogen-bond acceptors (Lipinski definition) is 3. The van der Waals surface area contributed by atoms with E-state index in [1.807, 2.05) is 4.90 Å². The molecule has 1 fully saturated rings. The van der Waals surface area contributed by atoms with Crippen LogP contribution >= 0.6 is 0 Å². The second-order valence-corrected chi connectivity index (χ2v) is 4.98. The molecule has 0 saturated carbocycles. The van der Waals surface area contributed by atoms with Crippen LogP contribution in [0.25, 0.3) is 0 Å². The topological polar surface area (TPSA) is 49.6 Å². The standard InChI is InChI=1S/C13H27N3O/c1-3-12-11-16(10-9-15(12)2)13(17)7-5-4-6-8-14/h12H,3-11,14H2,1-2H3. The van der Waals surface area contributed by atoms with Crippen LogP contribution in [0.1, 0.15) is 39.0 Å². The molecule has 0 aromatic rings. The Morgan fingerprint density at radius 3 is 2.71 bits per heavy atom. The lowest BCUT2D eigenvalue weighted by Gasteiger charge is -2.39. The minimum absolute atomic E-state index is 0.327. The molecular weight excluding hydrogens is 214 g/mol. The number of nitrogens with zero attached hydrogens (tertiary/aromatic N) is 2. The van der Waals surface area contributed by atoms with Crippen LogP contribution in [0.4, 0.5) is 0 Å². The Morgan fingerprint density at radius 1 is 1.29 bits per heavy atom. The van der Waals surface area contributed by atoms with Gasteiger partial charge in [-0.15, -0.1) is 0 Å². The molecule has 1 atom stereocenters. The normalized spacial score (nSPS) is 21.8. The number of amides is 1. The van der Waals surface area contributed by atoms with Gasteiger partial charge in [-0.25, -0.2) is 0 Å².